The fourth-order valence-electron chi connectivity index (χ4n) is 1.60. The quantitative estimate of drug-likeness (QED) is 0.600. The van der Waals surface area contributed by atoms with E-state index in [0.717, 1.165) is 5.84 Å². The maximum Gasteiger partial charge on any atom is 0.122 e. The number of rotatable bonds is 1. The first-order chi connectivity index (χ1) is 5.33. The van der Waals surface area contributed by atoms with Gasteiger partial charge in [0, 0.05) is 0 Å². The molecule has 0 aromatic carbocycles. The Morgan fingerprint density at radius 3 is 1.92 bits per heavy atom. The minimum atomic E-state index is -0.0763. The SMILES string of the molecule is CON1C(C)=NC(C)(C)C1(C)C. The van der Waals surface area contributed by atoms with E-state index >= 15 is 0 Å². The summed E-state index contributed by atoms with van der Waals surface area (Å²) in [5.41, 5.74) is -0.140. The van der Waals surface area contributed by atoms with E-state index in [1.807, 2.05) is 12.0 Å². The Hall–Kier alpha value is -0.570. The van der Waals surface area contributed by atoms with Crippen LogP contribution in [0.15, 0.2) is 4.99 Å². The number of hydrogen-bond donors (Lipinski definition) is 0. The molecule has 0 aromatic heterocycles. The van der Waals surface area contributed by atoms with Gasteiger partial charge in [-0.15, -0.1) is 0 Å². The second kappa shape index (κ2) is 2.46. The van der Waals surface area contributed by atoms with Crippen LogP contribution in [-0.2, 0) is 4.84 Å². The molecule has 3 heteroatoms. The van der Waals surface area contributed by atoms with E-state index in [0.29, 0.717) is 0 Å². The minimum Gasteiger partial charge on any atom is -0.275 e. The number of aliphatic imine (C=N–C) groups is 1. The summed E-state index contributed by atoms with van der Waals surface area (Å²) < 4.78 is 0. The van der Waals surface area contributed by atoms with Crippen LogP contribution in [0.4, 0.5) is 0 Å². The fraction of sp³-hybridized carbons (Fsp3) is 0.889. The van der Waals surface area contributed by atoms with Gasteiger partial charge < -0.3 is 0 Å². The maximum absolute atomic E-state index is 5.28. The van der Waals surface area contributed by atoms with Crippen molar-refractivity contribution in [2.24, 2.45) is 4.99 Å². The van der Waals surface area contributed by atoms with Gasteiger partial charge in [-0.25, -0.2) is 5.06 Å². The molecule has 70 valence electrons. The molecule has 0 spiro atoms. The maximum atomic E-state index is 5.28. The molecule has 0 saturated carbocycles. The standard InChI is InChI=1S/C9H18N2O/c1-7-10-8(2,3)9(4,5)11(7)12-6/h1-6H3. The van der Waals surface area contributed by atoms with Gasteiger partial charge >= 0.3 is 0 Å². The van der Waals surface area contributed by atoms with Crippen LogP contribution in [0.3, 0.4) is 0 Å². The zero-order chi connectivity index (χ0) is 9.57. The zero-order valence-corrected chi connectivity index (χ0v) is 8.80. The van der Waals surface area contributed by atoms with Crippen molar-refractivity contribution < 1.29 is 4.84 Å². The molecular formula is C9H18N2O. The van der Waals surface area contributed by atoms with Crippen LogP contribution in [0.1, 0.15) is 34.6 Å². The van der Waals surface area contributed by atoms with Gasteiger partial charge in [-0.05, 0) is 34.6 Å². The molecule has 0 atom stereocenters. The van der Waals surface area contributed by atoms with Gasteiger partial charge in [0.05, 0.1) is 18.2 Å². The molecule has 0 unspecified atom stereocenters. The second-order valence-electron chi connectivity index (χ2n) is 4.25. The highest BCUT2D eigenvalue weighted by Gasteiger charge is 2.48. The van der Waals surface area contributed by atoms with Gasteiger partial charge in [-0.3, -0.25) is 9.83 Å². The molecule has 1 aliphatic heterocycles. The van der Waals surface area contributed by atoms with Crippen LogP contribution in [-0.4, -0.2) is 29.1 Å². The van der Waals surface area contributed by atoms with Crippen molar-refractivity contribution in [2.75, 3.05) is 7.11 Å². The lowest BCUT2D eigenvalue weighted by Gasteiger charge is -2.38. The van der Waals surface area contributed by atoms with E-state index < -0.39 is 0 Å². The summed E-state index contributed by atoms with van der Waals surface area (Å²) in [5.74, 6) is 0.951. The number of hydrogen-bond acceptors (Lipinski definition) is 3. The molecule has 0 amide bonds. The van der Waals surface area contributed by atoms with Crippen molar-refractivity contribution in [3.05, 3.63) is 0 Å². The Morgan fingerprint density at radius 1 is 1.25 bits per heavy atom. The lowest BCUT2D eigenvalue weighted by molar-refractivity contribution is -0.135. The third-order valence-corrected chi connectivity index (χ3v) is 2.92. The van der Waals surface area contributed by atoms with Crippen LogP contribution in [0.5, 0.6) is 0 Å². The number of nitrogens with zero attached hydrogens (tertiary/aromatic N) is 2. The zero-order valence-electron chi connectivity index (χ0n) is 8.80. The summed E-state index contributed by atoms with van der Waals surface area (Å²) >= 11 is 0. The van der Waals surface area contributed by atoms with Crippen molar-refractivity contribution in [3.63, 3.8) is 0 Å². The molecule has 0 radical (unpaired) electrons. The monoisotopic (exact) mass is 170 g/mol. The highest BCUT2D eigenvalue weighted by molar-refractivity contribution is 5.82. The van der Waals surface area contributed by atoms with E-state index in [-0.39, 0.29) is 11.1 Å². The van der Waals surface area contributed by atoms with Crippen LogP contribution < -0.4 is 0 Å². The van der Waals surface area contributed by atoms with Gasteiger partial charge in [0.2, 0.25) is 0 Å². The summed E-state index contributed by atoms with van der Waals surface area (Å²) in [6, 6.07) is 0. The van der Waals surface area contributed by atoms with Gasteiger partial charge in [-0.2, -0.15) is 0 Å². The highest BCUT2D eigenvalue weighted by atomic mass is 16.7. The van der Waals surface area contributed by atoms with Crippen molar-refractivity contribution >= 4 is 5.84 Å². The van der Waals surface area contributed by atoms with Crippen molar-refractivity contribution in [3.8, 4) is 0 Å². The lowest BCUT2D eigenvalue weighted by Crippen LogP contribution is -2.52. The first-order valence-corrected chi connectivity index (χ1v) is 4.24. The first-order valence-electron chi connectivity index (χ1n) is 4.24. The first kappa shape index (κ1) is 9.52. The Morgan fingerprint density at radius 2 is 1.75 bits per heavy atom. The summed E-state index contributed by atoms with van der Waals surface area (Å²) in [4.78, 5) is 9.82. The molecule has 0 saturated heterocycles. The van der Waals surface area contributed by atoms with Crippen LogP contribution in [0.25, 0.3) is 0 Å². The fourth-order valence-corrected chi connectivity index (χ4v) is 1.60. The van der Waals surface area contributed by atoms with E-state index in [4.69, 9.17) is 4.84 Å². The largest absolute Gasteiger partial charge is 0.275 e. The predicted molar refractivity (Wildman–Crippen MR) is 50.1 cm³/mol. The van der Waals surface area contributed by atoms with E-state index in [1.54, 1.807) is 7.11 Å². The summed E-state index contributed by atoms with van der Waals surface area (Å²) in [6.07, 6.45) is 0. The number of hydroxylamine groups is 2. The highest BCUT2D eigenvalue weighted by Crippen LogP contribution is 2.37. The molecule has 1 aliphatic rings. The van der Waals surface area contributed by atoms with Gasteiger partial charge in [-0.1, -0.05) is 0 Å². The van der Waals surface area contributed by atoms with Crippen molar-refractivity contribution in [2.45, 2.75) is 45.7 Å². The van der Waals surface area contributed by atoms with Crippen LogP contribution in [0, 0.1) is 0 Å². The molecule has 3 nitrogen and oxygen atoms in total. The minimum absolute atomic E-state index is 0.0637. The van der Waals surface area contributed by atoms with Crippen LogP contribution >= 0.6 is 0 Å². The molecule has 0 bridgehead atoms. The summed E-state index contributed by atoms with van der Waals surface area (Å²) in [7, 11) is 1.68. The average Bonchev–Trinajstić information content (AvgIpc) is 1.99. The van der Waals surface area contributed by atoms with Gasteiger partial charge in [0.15, 0.2) is 0 Å². The Labute approximate surface area is 74.4 Å². The van der Waals surface area contributed by atoms with E-state index in [2.05, 4.69) is 32.7 Å². The van der Waals surface area contributed by atoms with E-state index in [9.17, 15) is 0 Å². The third-order valence-electron chi connectivity index (χ3n) is 2.92. The van der Waals surface area contributed by atoms with Gasteiger partial charge in [0.1, 0.15) is 5.84 Å². The third kappa shape index (κ3) is 1.04. The second-order valence-corrected chi connectivity index (χ2v) is 4.25. The molecule has 0 fully saturated rings. The molecule has 0 aliphatic carbocycles. The molecular weight excluding hydrogens is 152 g/mol. The predicted octanol–water partition coefficient (Wildman–Crippen LogP) is 1.84. The number of amidine groups is 1. The molecule has 0 aromatic rings. The topological polar surface area (TPSA) is 24.8 Å². The molecule has 1 rings (SSSR count). The van der Waals surface area contributed by atoms with Gasteiger partial charge in [0.25, 0.3) is 0 Å². The molecule has 12 heavy (non-hydrogen) atoms. The van der Waals surface area contributed by atoms with Crippen LogP contribution in [0.2, 0.25) is 0 Å². The van der Waals surface area contributed by atoms with Crippen molar-refractivity contribution in [1.29, 1.82) is 0 Å². The summed E-state index contributed by atoms with van der Waals surface area (Å²) in [5, 5.41) is 1.87. The lowest BCUT2D eigenvalue weighted by atomic mass is 9.84. The Kier molecular flexibility index (Phi) is 1.95. The Balaban J connectivity index is 3.03. The Bertz CT molecular complexity index is 219. The molecule has 1 heterocycles. The van der Waals surface area contributed by atoms with Crippen molar-refractivity contribution in [1.82, 2.24) is 5.06 Å². The van der Waals surface area contributed by atoms with E-state index in [1.165, 1.54) is 0 Å². The normalized spacial score (nSPS) is 25.8. The molecule has 0 N–H and O–H groups in total. The average molecular weight is 170 g/mol. The summed E-state index contributed by atoms with van der Waals surface area (Å²) in [6.45, 7) is 10.5. The smallest absolute Gasteiger partial charge is 0.122 e.